The lowest BCUT2D eigenvalue weighted by atomic mass is 10.1. The fourth-order valence-corrected chi connectivity index (χ4v) is 1.98. The third kappa shape index (κ3) is 3.16. The number of benzene rings is 1. The van der Waals surface area contributed by atoms with Crippen LogP contribution in [0.5, 0.6) is 5.75 Å². The number of carbonyl (C=O) groups is 1. The summed E-state index contributed by atoms with van der Waals surface area (Å²) in [5.41, 5.74) is 7.18. The minimum atomic E-state index is -0.547. The molecule has 3 N–H and O–H groups in total. The van der Waals surface area contributed by atoms with E-state index in [0.29, 0.717) is 40.6 Å². The lowest BCUT2D eigenvalue weighted by Gasteiger charge is -2.12. The lowest BCUT2D eigenvalue weighted by molar-refractivity contribution is 0.100. The number of rotatable bonds is 5. The van der Waals surface area contributed by atoms with Gasteiger partial charge in [-0.1, -0.05) is 6.92 Å². The molecule has 6 heteroatoms. The maximum atomic E-state index is 12.0. The lowest BCUT2D eigenvalue weighted by Crippen LogP contribution is -2.15. The van der Waals surface area contributed by atoms with Crippen LogP contribution in [0.1, 0.15) is 35.0 Å². The molecular formula is C16H19N3O3. The molecule has 0 unspecified atom stereocenters. The van der Waals surface area contributed by atoms with E-state index in [1.54, 1.807) is 32.0 Å². The van der Waals surface area contributed by atoms with Crippen LogP contribution in [0.25, 0.3) is 11.4 Å². The summed E-state index contributed by atoms with van der Waals surface area (Å²) in [7, 11) is 0. The molecule has 0 bridgehead atoms. The molecule has 1 aromatic heterocycles. The van der Waals surface area contributed by atoms with Crippen LogP contribution in [0.3, 0.4) is 0 Å². The minimum Gasteiger partial charge on any atom is -0.493 e. The molecule has 1 amide bonds. The highest BCUT2D eigenvalue weighted by molar-refractivity contribution is 5.94. The zero-order valence-electron chi connectivity index (χ0n) is 12.9. The fraction of sp³-hybridized carbons (Fsp3) is 0.312. The number of amides is 1. The van der Waals surface area contributed by atoms with Gasteiger partial charge >= 0.3 is 0 Å². The van der Waals surface area contributed by atoms with Gasteiger partial charge in [0.05, 0.1) is 12.2 Å². The summed E-state index contributed by atoms with van der Waals surface area (Å²) < 4.78 is 5.67. The molecule has 0 atom stereocenters. The van der Waals surface area contributed by atoms with Crippen molar-refractivity contribution in [3.63, 3.8) is 0 Å². The van der Waals surface area contributed by atoms with Crippen molar-refractivity contribution in [2.45, 2.75) is 27.2 Å². The van der Waals surface area contributed by atoms with Crippen molar-refractivity contribution in [3.8, 4) is 17.1 Å². The van der Waals surface area contributed by atoms with E-state index < -0.39 is 5.91 Å². The monoisotopic (exact) mass is 301 g/mol. The summed E-state index contributed by atoms with van der Waals surface area (Å²) >= 11 is 0. The van der Waals surface area contributed by atoms with E-state index in [0.717, 1.165) is 6.42 Å². The Bertz CT molecular complexity index is 766. The van der Waals surface area contributed by atoms with E-state index >= 15 is 0 Å². The Hall–Kier alpha value is -2.63. The second kappa shape index (κ2) is 6.43. The van der Waals surface area contributed by atoms with Gasteiger partial charge in [-0.3, -0.25) is 9.59 Å². The molecule has 0 aliphatic carbocycles. The maximum Gasteiger partial charge on any atom is 0.254 e. The SMILES string of the molecule is CCCOc1ccc(C(N)=O)cc1-c1nc(C)c(C)c(=O)[nH]1. The van der Waals surface area contributed by atoms with Crippen LogP contribution >= 0.6 is 0 Å². The number of H-pyrrole nitrogens is 1. The Balaban J connectivity index is 2.62. The summed E-state index contributed by atoms with van der Waals surface area (Å²) in [5, 5.41) is 0. The van der Waals surface area contributed by atoms with Crippen molar-refractivity contribution in [2.24, 2.45) is 5.73 Å². The fourth-order valence-electron chi connectivity index (χ4n) is 1.98. The molecule has 0 aliphatic heterocycles. The topological polar surface area (TPSA) is 98.1 Å². The summed E-state index contributed by atoms with van der Waals surface area (Å²) in [6.07, 6.45) is 0.841. The van der Waals surface area contributed by atoms with Crippen molar-refractivity contribution in [2.75, 3.05) is 6.61 Å². The van der Waals surface area contributed by atoms with Crippen LogP contribution in [-0.2, 0) is 0 Å². The molecule has 116 valence electrons. The molecule has 1 heterocycles. The number of nitrogens with two attached hydrogens (primary N) is 1. The number of ether oxygens (including phenoxy) is 1. The van der Waals surface area contributed by atoms with Gasteiger partial charge < -0.3 is 15.5 Å². The van der Waals surface area contributed by atoms with Gasteiger partial charge in [0.1, 0.15) is 11.6 Å². The Labute approximate surface area is 128 Å². The van der Waals surface area contributed by atoms with Crippen LogP contribution in [0.15, 0.2) is 23.0 Å². The van der Waals surface area contributed by atoms with Gasteiger partial charge in [-0.15, -0.1) is 0 Å². The first-order valence-corrected chi connectivity index (χ1v) is 7.08. The van der Waals surface area contributed by atoms with Gasteiger partial charge in [-0.2, -0.15) is 0 Å². The zero-order valence-corrected chi connectivity index (χ0v) is 12.9. The van der Waals surface area contributed by atoms with Gasteiger partial charge in [0.25, 0.3) is 5.56 Å². The standard InChI is InChI=1S/C16H19N3O3/c1-4-7-22-13-6-5-11(14(17)20)8-12(13)15-18-10(3)9(2)16(21)19-15/h5-6,8H,4,7H2,1-3H3,(H2,17,20)(H,18,19,21). The number of primary amides is 1. The Kier molecular flexibility index (Phi) is 4.60. The number of aryl methyl sites for hydroxylation is 1. The molecule has 2 rings (SSSR count). The first-order chi connectivity index (χ1) is 10.4. The van der Waals surface area contributed by atoms with E-state index in [4.69, 9.17) is 10.5 Å². The average Bonchev–Trinajstić information content (AvgIpc) is 2.49. The van der Waals surface area contributed by atoms with Gasteiger partial charge in [0.2, 0.25) is 5.91 Å². The van der Waals surface area contributed by atoms with Gasteiger partial charge in [0.15, 0.2) is 0 Å². The Morgan fingerprint density at radius 3 is 2.68 bits per heavy atom. The summed E-state index contributed by atoms with van der Waals surface area (Å²) in [5.74, 6) is 0.370. The number of hydrogen-bond donors (Lipinski definition) is 2. The zero-order chi connectivity index (χ0) is 16.3. The maximum absolute atomic E-state index is 12.0. The normalized spacial score (nSPS) is 10.5. The van der Waals surface area contributed by atoms with E-state index in [2.05, 4.69) is 9.97 Å². The molecular weight excluding hydrogens is 282 g/mol. The quantitative estimate of drug-likeness (QED) is 0.881. The smallest absolute Gasteiger partial charge is 0.254 e. The molecule has 0 fully saturated rings. The van der Waals surface area contributed by atoms with Crippen LogP contribution in [0, 0.1) is 13.8 Å². The highest BCUT2D eigenvalue weighted by atomic mass is 16.5. The summed E-state index contributed by atoms with van der Waals surface area (Å²) in [4.78, 5) is 30.4. The number of carbonyl (C=O) groups excluding carboxylic acids is 1. The van der Waals surface area contributed by atoms with E-state index in [1.807, 2.05) is 6.92 Å². The number of hydrogen-bond acceptors (Lipinski definition) is 4. The third-order valence-corrected chi connectivity index (χ3v) is 3.38. The molecule has 0 aliphatic rings. The van der Waals surface area contributed by atoms with Crippen molar-refractivity contribution < 1.29 is 9.53 Å². The van der Waals surface area contributed by atoms with Crippen LogP contribution in [-0.4, -0.2) is 22.5 Å². The van der Waals surface area contributed by atoms with E-state index in [1.165, 1.54) is 0 Å². The minimum absolute atomic E-state index is 0.214. The van der Waals surface area contributed by atoms with Crippen molar-refractivity contribution in [1.29, 1.82) is 0 Å². The predicted molar refractivity (Wildman–Crippen MR) is 84.1 cm³/mol. The molecule has 22 heavy (non-hydrogen) atoms. The molecule has 0 saturated heterocycles. The largest absolute Gasteiger partial charge is 0.493 e. The first kappa shape index (κ1) is 15.8. The van der Waals surface area contributed by atoms with Crippen molar-refractivity contribution >= 4 is 5.91 Å². The molecule has 0 radical (unpaired) electrons. The van der Waals surface area contributed by atoms with Gasteiger partial charge in [-0.25, -0.2) is 4.98 Å². The molecule has 2 aromatic rings. The summed E-state index contributed by atoms with van der Waals surface area (Å²) in [6.45, 7) is 5.99. The Morgan fingerprint density at radius 2 is 2.09 bits per heavy atom. The van der Waals surface area contributed by atoms with Crippen LogP contribution in [0.4, 0.5) is 0 Å². The van der Waals surface area contributed by atoms with Gasteiger partial charge in [0, 0.05) is 16.8 Å². The van der Waals surface area contributed by atoms with E-state index in [9.17, 15) is 9.59 Å². The highest BCUT2D eigenvalue weighted by Crippen LogP contribution is 2.28. The molecule has 6 nitrogen and oxygen atoms in total. The predicted octanol–water partition coefficient (Wildman–Crippen LogP) is 1.94. The third-order valence-electron chi connectivity index (χ3n) is 3.38. The number of aromatic amines is 1. The van der Waals surface area contributed by atoms with Crippen LogP contribution in [0.2, 0.25) is 0 Å². The highest BCUT2D eigenvalue weighted by Gasteiger charge is 2.14. The molecule has 1 aromatic carbocycles. The number of aromatic nitrogens is 2. The van der Waals surface area contributed by atoms with Gasteiger partial charge in [-0.05, 0) is 38.5 Å². The second-order valence-electron chi connectivity index (χ2n) is 5.05. The number of nitrogens with one attached hydrogen (secondary N) is 1. The van der Waals surface area contributed by atoms with Crippen molar-refractivity contribution in [1.82, 2.24) is 9.97 Å². The second-order valence-corrected chi connectivity index (χ2v) is 5.05. The first-order valence-electron chi connectivity index (χ1n) is 7.08. The van der Waals surface area contributed by atoms with Crippen LogP contribution < -0.4 is 16.0 Å². The average molecular weight is 301 g/mol. The Morgan fingerprint density at radius 1 is 1.36 bits per heavy atom. The van der Waals surface area contributed by atoms with Crippen molar-refractivity contribution in [3.05, 3.63) is 45.4 Å². The molecule has 0 saturated carbocycles. The van der Waals surface area contributed by atoms with E-state index in [-0.39, 0.29) is 5.56 Å². The molecule has 0 spiro atoms. The number of nitrogens with zero attached hydrogens (tertiary/aromatic N) is 1. The summed E-state index contributed by atoms with van der Waals surface area (Å²) in [6, 6.07) is 4.84.